The average molecular weight is 133 g/mol. The third kappa shape index (κ3) is 0.692. The van der Waals surface area contributed by atoms with Gasteiger partial charge in [0, 0.05) is 5.56 Å². The van der Waals surface area contributed by atoms with Crippen LogP contribution in [0.5, 0.6) is 5.75 Å². The molecule has 0 saturated heterocycles. The van der Waals surface area contributed by atoms with E-state index in [0.29, 0.717) is 12.2 Å². The molecule has 0 atom stereocenters. The third-order valence-corrected chi connectivity index (χ3v) is 1.44. The molecule has 10 heavy (non-hydrogen) atoms. The fraction of sp³-hybridized carbons (Fsp3) is 0.125. The summed E-state index contributed by atoms with van der Waals surface area (Å²) >= 11 is 0. The first-order chi connectivity index (χ1) is 4.86. The van der Waals surface area contributed by atoms with Crippen molar-refractivity contribution >= 4 is 5.97 Å². The molecule has 0 N–H and O–H groups in total. The second-order valence-electron chi connectivity index (χ2n) is 2.16. The van der Waals surface area contributed by atoms with E-state index in [0.717, 1.165) is 5.56 Å². The van der Waals surface area contributed by atoms with E-state index < -0.39 is 0 Å². The molecule has 1 aromatic rings. The first-order valence-electron chi connectivity index (χ1n) is 3.06. The minimum Gasteiger partial charge on any atom is -0.426 e. The van der Waals surface area contributed by atoms with Crippen LogP contribution in [0.4, 0.5) is 0 Å². The van der Waals surface area contributed by atoms with Crippen LogP contribution in [0, 0.1) is 6.07 Å². The van der Waals surface area contributed by atoms with E-state index in [1.807, 2.05) is 0 Å². The second kappa shape index (κ2) is 1.84. The Bertz CT molecular complexity index is 251. The number of fused-ring (bicyclic) bond motifs is 1. The molecule has 2 heteroatoms. The number of carbonyl (C=O) groups excluding carboxylic acids is 1. The molecule has 0 unspecified atom stereocenters. The second-order valence-corrected chi connectivity index (χ2v) is 2.16. The molecule has 1 aliphatic heterocycles. The molecule has 2 rings (SSSR count). The molecule has 2 nitrogen and oxygen atoms in total. The van der Waals surface area contributed by atoms with Crippen molar-refractivity contribution in [2.45, 2.75) is 6.42 Å². The molecular formula is C8H5O2. The zero-order valence-electron chi connectivity index (χ0n) is 5.26. The maximum absolute atomic E-state index is 10.7. The van der Waals surface area contributed by atoms with Gasteiger partial charge in [0.2, 0.25) is 0 Å². The fourth-order valence-electron chi connectivity index (χ4n) is 0.993. The van der Waals surface area contributed by atoms with Crippen LogP contribution in [-0.2, 0) is 11.2 Å². The first-order valence-corrected chi connectivity index (χ1v) is 3.06. The van der Waals surface area contributed by atoms with Crippen LogP contribution in [0.2, 0.25) is 0 Å². The zero-order chi connectivity index (χ0) is 6.97. The number of hydrogen-bond donors (Lipinski definition) is 0. The van der Waals surface area contributed by atoms with Crippen LogP contribution in [-0.4, -0.2) is 5.97 Å². The minimum atomic E-state index is -0.183. The highest BCUT2D eigenvalue weighted by Gasteiger charge is 2.18. The number of ether oxygens (including phenoxy) is 1. The van der Waals surface area contributed by atoms with Crippen LogP contribution in [0.1, 0.15) is 5.56 Å². The van der Waals surface area contributed by atoms with Crippen molar-refractivity contribution in [2.75, 3.05) is 0 Å². The molecule has 0 saturated carbocycles. The van der Waals surface area contributed by atoms with Crippen molar-refractivity contribution in [2.24, 2.45) is 0 Å². The van der Waals surface area contributed by atoms with Crippen LogP contribution in [0.3, 0.4) is 0 Å². The van der Waals surface area contributed by atoms with Crippen molar-refractivity contribution in [1.82, 2.24) is 0 Å². The Balaban J connectivity index is 2.51. The van der Waals surface area contributed by atoms with E-state index in [1.54, 1.807) is 18.2 Å². The lowest BCUT2D eigenvalue weighted by Crippen LogP contribution is -2.00. The average Bonchev–Trinajstić information content (AvgIpc) is 2.27. The smallest absolute Gasteiger partial charge is 0.315 e. The topological polar surface area (TPSA) is 26.3 Å². The molecule has 1 heterocycles. The Morgan fingerprint density at radius 1 is 1.60 bits per heavy atom. The standard InChI is InChI=1S/C8H5O2/c9-8-5-6-3-1-2-4-7(6)10-8/h1-2,4H,5H2. The van der Waals surface area contributed by atoms with Crippen LogP contribution < -0.4 is 4.74 Å². The van der Waals surface area contributed by atoms with Crippen LogP contribution in [0.15, 0.2) is 18.2 Å². The van der Waals surface area contributed by atoms with Gasteiger partial charge in [-0.3, -0.25) is 4.79 Å². The van der Waals surface area contributed by atoms with E-state index in [-0.39, 0.29) is 5.97 Å². The maximum Gasteiger partial charge on any atom is 0.315 e. The Morgan fingerprint density at radius 2 is 2.50 bits per heavy atom. The van der Waals surface area contributed by atoms with E-state index >= 15 is 0 Å². The van der Waals surface area contributed by atoms with Gasteiger partial charge in [-0.25, -0.2) is 0 Å². The maximum atomic E-state index is 10.7. The predicted molar refractivity (Wildman–Crippen MR) is 34.6 cm³/mol. The fourth-order valence-corrected chi connectivity index (χ4v) is 0.993. The first kappa shape index (κ1) is 5.47. The molecule has 0 aromatic heterocycles. The number of hydrogen-bond acceptors (Lipinski definition) is 2. The molecule has 1 aliphatic rings. The third-order valence-electron chi connectivity index (χ3n) is 1.44. The van der Waals surface area contributed by atoms with Crippen molar-refractivity contribution in [3.05, 3.63) is 29.8 Å². The van der Waals surface area contributed by atoms with Crippen LogP contribution in [0.25, 0.3) is 0 Å². The molecule has 1 aromatic carbocycles. The highest BCUT2D eigenvalue weighted by Crippen LogP contribution is 2.23. The van der Waals surface area contributed by atoms with Gasteiger partial charge in [0.15, 0.2) is 0 Å². The summed E-state index contributed by atoms with van der Waals surface area (Å²) < 4.78 is 4.84. The monoisotopic (exact) mass is 133 g/mol. The van der Waals surface area contributed by atoms with Gasteiger partial charge < -0.3 is 4.74 Å². The molecular weight excluding hydrogens is 128 g/mol. The van der Waals surface area contributed by atoms with E-state index in [4.69, 9.17) is 4.74 Å². The number of benzene rings is 1. The quantitative estimate of drug-likeness (QED) is 0.389. The van der Waals surface area contributed by atoms with Gasteiger partial charge in [0.05, 0.1) is 6.42 Å². The van der Waals surface area contributed by atoms with Gasteiger partial charge in [0.25, 0.3) is 0 Å². The SMILES string of the molecule is O=C1Cc2[c]cccc2O1. The van der Waals surface area contributed by atoms with E-state index in [2.05, 4.69) is 6.07 Å². The molecule has 0 bridgehead atoms. The largest absolute Gasteiger partial charge is 0.426 e. The molecule has 49 valence electrons. The Morgan fingerprint density at radius 3 is 3.30 bits per heavy atom. The van der Waals surface area contributed by atoms with Gasteiger partial charge in [0.1, 0.15) is 5.75 Å². The summed E-state index contributed by atoms with van der Waals surface area (Å²) in [6.07, 6.45) is 0.371. The molecule has 0 spiro atoms. The minimum absolute atomic E-state index is 0.183. The highest BCUT2D eigenvalue weighted by molar-refractivity contribution is 5.80. The lowest BCUT2D eigenvalue weighted by molar-refractivity contribution is -0.131. The Labute approximate surface area is 58.4 Å². The summed E-state index contributed by atoms with van der Waals surface area (Å²) in [5, 5.41) is 0. The zero-order valence-corrected chi connectivity index (χ0v) is 5.26. The predicted octanol–water partition coefficient (Wildman–Crippen LogP) is 0.948. The molecule has 1 radical (unpaired) electrons. The van der Waals surface area contributed by atoms with E-state index in [1.165, 1.54) is 0 Å². The number of carbonyl (C=O) groups is 1. The van der Waals surface area contributed by atoms with Gasteiger partial charge in [-0.05, 0) is 12.1 Å². The summed E-state index contributed by atoms with van der Waals surface area (Å²) in [6, 6.07) is 8.29. The highest BCUT2D eigenvalue weighted by atomic mass is 16.5. The van der Waals surface area contributed by atoms with Crippen LogP contribution >= 0.6 is 0 Å². The van der Waals surface area contributed by atoms with Crippen molar-refractivity contribution in [3.63, 3.8) is 0 Å². The van der Waals surface area contributed by atoms with Gasteiger partial charge in [-0.2, -0.15) is 0 Å². The normalized spacial score (nSPS) is 14.6. The summed E-state index contributed by atoms with van der Waals surface area (Å²) in [5.41, 5.74) is 0.868. The summed E-state index contributed by atoms with van der Waals surface area (Å²) in [6.45, 7) is 0. The van der Waals surface area contributed by atoms with E-state index in [9.17, 15) is 4.79 Å². The lowest BCUT2D eigenvalue weighted by atomic mass is 10.2. The van der Waals surface area contributed by atoms with Gasteiger partial charge in [-0.1, -0.05) is 12.1 Å². The number of rotatable bonds is 0. The molecule has 0 aliphatic carbocycles. The van der Waals surface area contributed by atoms with Crippen molar-refractivity contribution < 1.29 is 9.53 Å². The summed E-state index contributed by atoms with van der Waals surface area (Å²) in [7, 11) is 0. The van der Waals surface area contributed by atoms with Crippen molar-refractivity contribution in [3.8, 4) is 5.75 Å². The molecule has 0 amide bonds. The molecule has 0 fully saturated rings. The summed E-state index contributed by atoms with van der Waals surface area (Å²) in [4.78, 5) is 10.7. The lowest BCUT2D eigenvalue weighted by Gasteiger charge is -1.91. The van der Waals surface area contributed by atoms with Gasteiger partial charge >= 0.3 is 5.97 Å². The number of esters is 1. The van der Waals surface area contributed by atoms with Crippen molar-refractivity contribution in [1.29, 1.82) is 0 Å². The Kier molecular flexibility index (Phi) is 1.01. The Hall–Kier alpha value is -1.31. The van der Waals surface area contributed by atoms with Gasteiger partial charge in [-0.15, -0.1) is 0 Å². The summed E-state index contributed by atoms with van der Waals surface area (Å²) in [5.74, 6) is 0.477.